The maximum atomic E-state index is 12.2. The number of hydrogen-bond donors (Lipinski definition) is 3. The number of aryl methyl sites for hydroxylation is 2. The van der Waals surface area contributed by atoms with Crippen molar-refractivity contribution in [3.63, 3.8) is 0 Å². The average Bonchev–Trinajstić information content (AvgIpc) is 2.79. The molecule has 33 heavy (non-hydrogen) atoms. The van der Waals surface area contributed by atoms with Crippen LogP contribution < -0.4 is 20.7 Å². The molecule has 0 bridgehead atoms. The third kappa shape index (κ3) is 6.51. The maximum Gasteiger partial charge on any atom is 0.262 e. The number of carbonyl (C=O) groups is 1. The Labute approximate surface area is 192 Å². The molecule has 0 atom stereocenters. The summed E-state index contributed by atoms with van der Waals surface area (Å²) in [6.07, 6.45) is 3.22. The molecule has 3 N–H and O–H groups in total. The molecule has 0 saturated carbocycles. The molecule has 0 aliphatic rings. The van der Waals surface area contributed by atoms with Crippen molar-refractivity contribution >= 4 is 34.7 Å². The third-order valence-corrected chi connectivity index (χ3v) is 4.64. The number of rotatable bonds is 8. The van der Waals surface area contributed by atoms with E-state index in [4.69, 9.17) is 4.74 Å². The number of aromatic nitrogens is 3. The molecular formula is C25H24N6O2. The predicted molar refractivity (Wildman–Crippen MR) is 129 cm³/mol. The number of nitrogens with zero attached hydrogens (tertiary/aromatic N) is 3. The fraction of sp³-hybridized carbons (Fsp3) is 0.120. The van der Waals surface area contributed by atoms with Gasteiger partial charge in [-0.15, -0.1) is 0 Å². The van der Waals surface area contributed by atoms with Gasteiger partial charge in [0.25, 0.3) is 5.91 Å². The van der Waals surface area contributed by atoms with Crippen LogP contribution in [0.1, 0.15) is 11.1 Å². The van der Waals surface area contributed by atoms with Gasteiger partial charge in [0.05, 0.1) is 0 Å². The van der Waals surface area contributed by atoms with Crippen molar-refractivity contribution in [1.29, 1.82) is 0 Å². The van der Waals surface area contributed by atoms with Crippen molar-refractivity contribution in [2.24, 2.45) is 0 Å². The standard InChI is InChI=1S/C25H24N6O2/c1-17-4-3-5-21(12-17)33-15-25(32)30-20-8-6-19(7-9-20)29-23-14-24(28-16-27-23)31-22-13-18(2)10-11-26-22/h3-14,16H,15H2,1-2H3,(H,30,32)(H2,26,27,28,29,31). The van der Waals surface area contributed by atoms with Gasteiger partial charge >= 0.3 is 0 Å². The van der Waals surface area contributed by atoms with Crippen molar-refractivity contribution in [2.45, 2.75) is 13.8 Å². The quantitative estimate of drug-likeness (QED) is 0.355. The van der Waals surface area contributed by atoms with Crippen LogP contribution in [0.2, 0.25) is 0 Å². The summed E-state index contributed by atoms with van der Waals surface area (Å²) in [5, 5.41) is 9.22. The first kappa shape index (κ1) is 21.8. The zero-order valence-electron chi connectivity index (χ0n) is 18.4. The highest BCUT2D eigenvalue weighted by molar-refractivity contribution is 5.92. The van der Waals surface area contributed by atoms with Gasteiger partial charge in [0, 0.05) is 23.6 Å². The van der Waals surface area contributed by atoms with Gasteiger partial charge in [-0.05, 0) is 73.5 Å². The predicted octanol–water partition coefficient (Wildman–Crippen LogP) is 4.99. The van der Waals surface area contributed by atoms with Gasteiger partial charge in [-0.3, -0.25) is 4.79 Å². The van der Waals surface area contributed by atoms with E-state index in [1.54, 1.807) is 12.3 Å². The Balaban J connectivity index is 1.31. The summed E-state index contributed by atoms with van der Waals surface area (Å²) >= 11 is 0. The van der Waals surface area contributed by atoms with E-state index in [2.05, 4.69) is 30.9 Å². The summed E-state index contributed by atoms with van der Waals surface area (Å²) in [5.41, 5.74) is 3.68. The van der Waals surface area contributed by atoms with Crippen molar-refractivity contribution in [3.05, 3.63) is 90.4 Å². The monoisotopic (exact) mass is 440 g/mol. The van der Waals surface area contributed by atoms with Crippen molar-refractivity contribution in [1.82, 2.24) is 15.0 Å². The molecular weight excluding hydrogens is 416 g/mol. The van der Waals surface area contributed by atoms with Crippen molar-refractivity contribution in [3.8, 4) is 5.75 Å². The topological polar surface area (TPSA) is 101 Å². The Morgan fingerprint density at radius 2 is 1.48 bits per heavy atom. The molecule has 0 saturated heterocycles. The number of ether oxygens (including phenoxy) is 1. The molecule has 0 fully saturated rings. The molecule has 8 nitrogen and oxygen atoms in total. The van der Waals surface area contributed by atoms with Gasteiger partial charge in [-0.25, -0.2) is 15.0 Å². The summed E-state index contributed by atoms with van der Waals surface area (Å²) in [4.78, 5) is 24.9. The first-order chi connectivity index (χ1) is 16.0. The Hall–Kier alpha value is -4.46. The molecule has 0 aliphatic carbocycles. The molecule has 1 amide bonds. The van der Waals surface area contributed by atoms with Crippen LogP contribution in [0, 0.1) is 13.8 Å². The fourth-order valence-corrected chi connectivity index (χ4v) is 3.07. The number of benzene rings is 2. The Morgan fingerprint density at radius 1 is 0.788 bits per heavy atom. The summed E-state index contributed by atoms with van der Waals surface area (Å²) in [6.45, 7) is 3.92. The van der Waals surface area contributed by atoms with Crippen LogP contribution in [0.25, 0.3) is 0 Å². The van der Waals surface area contributed by atoms with Crippen LogP contribution >= 0.6 is 0 Å². The molecule has 2 heterocycles. The van der Waals surface area contributed by atoms with Gasteiger partial charge in [-0.2, -0.15) is 0 Å². The lowest BCUT2D eigenvalue weighted by Gasteiger charge is -2.10. The van der Waals surface area contributed by atoms with E-state index in [0.29, 0.717) is 28.9 Å². The number of carbonyl (C=O) groups excluding carboxylic acids is 1. The molecule has 0 aliphatic heterocycles. The number of nitrogens with one attached hydrogen (secondary N) is 3. The number of pyridine rings is 1. The normalized spacial score (nSPS) is 10.4. The van der Waals surface area contributed by atoms with E-state index in [0.717, 1.165) is 16.8 Å². The van der Waals surface area contributed by atoms with Crippen LogP contribution in [0.5, 0.6) is 5.75 Å². The molecule has 166 valence electrons. The molecule has 0 radical (unpaired) electrons. The Morgan fingerprint density at radius 3 is 2.24 bits per heavy atom. The van der Waals surface area contributed by atoms with E-state index >= 15 is 0 Å². The summed E-state index contributed by atoms with van der Waals surface area (Å²) in [7, 11) is 0. The van der Waals surface area contributed by atoms with E-state index in [1.165, 1.54) is 6.33 Å². The van der Waals surface area contributed by atoms with E-state index in [9.17, 15) is 4.79 Å². The average molecular weight is 441 g/mol. The lowest BCUT2D eigenvalue weighted by Crippen LogP contribution is -2.20. The maximum absolute atomic E-state index is 12.2. The van der Waals surface area contributed by atoms with Crippen molar-refractivity contribution in [2.75, 3.05) is 22.6 Å². The molecule has 4 rings (SSSR count). The second-order valence-electron chi connectivity index (χ2n) is 7.49. The molecule has 0 spiro atoms. The Bertz CT molecular complexity index is 1240. The van der Waals surface area contributed by atoms with Crippen LogP contribution in [0.4, 0.5) is 28.8 Å². The van der Waals surface area contributed by atoms with Gasteiger partial charge in [0.15, 0.2) is 6.61 Å². The largest absolute Gasteiger partial charge is 0.484 e. The van der Waals surface area contributed by atoms with Crippen molar-refractivity contribution < 1.29 is 9.53 Å². The smallest absolute Gasteiger partial charge is 0.262 e. The highest BCUT2D eigenvalue weighted by Crippen LogP contribution is 2.20. The Kier molecular flexibility index (Phi) is 6.75. The minimum Gasteiger partial charge on any atom is -0.484 e. The second-order valence-corrected chi connectivity index (χ2v) is 7.49. The first-order valence-electron chi connectivity index (χ1n) is 10.4. The fourth-order valence-electron chi connectivity index (χ4n) is 3.07. The van der Waals surface area contributed by atoms with E-state index < -0.39 is 0 Å². The zero-order valence-corrected chi connectivity index (χ0v) is 18.4. The number of hydrogen-bond acceptors (Lipinski definition) is 7. The highest BCUT2D eigenvalue weighted by Gasteiger charge is 2.05. The second kappa shape index (κ2) is 10.2. The number of amides is 1. The number of anilines is 5. The van der Waals surface area contributed by atoms with E-state index in [-0.39, 0.29) is 12.5 Å². The third-order valence-electron chi connectivity index (χ3n) is 4.64. The molecule has 2 aromatic heterocycles. The molecule has 8 heteroatoms. The van der Waals surface area contributed by atoms with Gasteiger partial charge in [0.1, 0.15) is 29.5 Å². The van der Waals surface area contributed by atoms with Gasteiger partial charge in [0.2, 0.25) is 0 Å². The van der Waals surface area contributed by atoms with Gasteiger partial charge in [-0.1, -0.05) is 12.1 Å². The molecule has 0 unspecified atom stereocenters. The lowest BCUT2D eigenvalue weighted by molar-refractivity contribution is -0.118. The van der Waals surface area contributed by atoms with E-state index in [1.807, 2.05) is 74.5 Å². The SMILES string of the molecule is Cc1cccc(OCC(=O)Nc2ccc(Nc3cc(Nc4cc(C)ccn4)ncn3)cc2)c1. The van der Waals surface area contributed by atoms with Crippen LogP contribution in [-0.2, 0) is 4.79 Å². The van der Waals surface area contributed by atoms with Crippen LogP contribution in [-0.4, -0.2) is 27.5 Å². The molecule has 4 aromatic rings. The molecule has 2 aromatic carbocycles. The highest BCUT2D eigenvalue weighted by atomic mass is 16.5. The first-order valence-corrected chi connectivity index (χ1v) is 10.4. The minimum atomic E-state index is -0.228. The van der Waals surface area contributed by atoms with Crippen LogP contribution in [0.3, 0.4) is 0 Å². The summed E-state index contributed by atoms with van der Waals surface area (Å²) in [6, 6.07) is 20.6. The lowest BCUT2D eigenvalue weighted by atomic mass is 10.2. The summed E-state index contributed by atoms with van der Waals surface area (Å²) in [5.74, 6) is 2.41. The van der Waals surface area contributed by atoms with Crippen LogP contribution in [0.15, 0.2) is 79.3 Å². The van der Waals surface area contributed by atoms with Gasteiger partial charge < -0.3 is 20.7 Å². The zero-order chi connectivity index (χ0) is 23.0. The summed E-state index contributed by atoms with van der Waals surface area (Å²) < 4.78 is 5.53. The minimum absolute atomic E-state index is 0.0596.